The number of benzene rings is 3. The molecule has 194 valence electrons. The number of hydrogen-bond acceptors (Lipinski definition) is 5. The Labute approximate surface area is 222 Å². The minimum atomic E-state index is -1.08. The van der Waals surface area contributed by atoms with E-state index >= 15 is 0 Å². The first-order valence-electron chi connectivity index (χ1n) is 12.7. The lowest BCUT2D eigenvalue weighted by molar-refractivity contribution is 0.306. The fourth-order valence-electron chi connectivity index (χ4n) is 5.22. The lowest BCUT2D eigenvalue weighted by Crippen LogP contribution is -2.15. The number of aromatic amines is 1. The fraction of sp³-hybridized carbons (Fsp3) is 0.286. The third kappa shape index (κ3) is 4.74. The molecular weight excluding hydrogens is 510 g/mol. The molecule has 1 N–H and O–H groups in total. The first-order valence-corrected chi connectivity index (χ1v) is 13.0. The minimum Gasteiger partial charge on any atom is -0.489 e. The van der Waals surface area contributed by atoms with Crippen molar-refractivity contribution < 1.29 is 13.5 Å². The molecule has 1 saturated carbocycles. The molecule has 3 aromatic carbocycles. The molecule has 10 heteroatoms. The molecule has 0 amide bonds. The van der Waals surface area contributed by atoms with Crippen molar-refractivity contribution in [3.8, 4) is 28.5 Å². The summed E-state index contributed by atoms with van der Waals surface area (Å²) < 4.78 is 36.9. The van der Waals surface area contributed by atoms with Gasteiger partial charge < -0.3 is 9.30 Å². The molecule has 6 rings (SSSR count). The molecule has 0 aliphatic heterocycles. The molecule has 0 spiro atoms. The molecule has 0 radical (unpaired) electrons. The molecular formula is C28H25ClF2N6O. The van der Waals surface area contributed by atoms with E-state index in [9.17, 15) is 8.78 Å². The van der Waals surface area contributed by atoms with Crippen LogP contribution >= 0.6 is 11.6 Å². The second-order valence-electron chi connectivity index (χ2n) is 9.61. The summed E-state index contributed by atoms with van der Waals surface area (Å²) in [6, 6.07) is 16.4. The third-order valence-corrected chi connectivity index (χ3v) is 7.48. The maximum absolute atomic E-state index is 14.4. The first-order chi connectivity index (χ1) is 18.6. The van der Waals surface area contributed by atoms with Gasteiger partial charge in [-0.2, -0.15) is 5.21 Å². The lowest BCUT2D eigenvalue weighted by atomic mass is 9.89. The van der Waals surface area contributed by atoms with Crippen LogP contribution in [0.3, 0.4) is 0 Å². The van der Waals surface area contributed by atoms with Gasteiger partial charge in [-0.3, -0.25) is 0 Å². The van der Waals surface area contributed by atoms with Crippen molar-refractivity contribution in [1.29, 1.82) is 0 Å². The van der Waals surface area contributed by atoms with Crippen molar-refractivity contribution in [2.75, 3.05) is 0 Å². The summed E-state index contributed by atoms with van der Waals surface area (Å²) >= 11 is 6.22. The van der Waals surface area contributed by atoms with Gasteiger partial charge in [-0.05, 0) is 36.1 Å². The van der Waals surface area contributed by atoms with Crippen LogP contribution in [-0.4, -0.2) is 30.2 Å². The Morgan fingerprint density at radius 3 is 2.68 bits per heavy atom. The van der Waals surface area contributed by atoms with Gasteiger partial charge in [0.05, 0.1) is 5.52 Å². The van der Waals surface area contributed by atoms with Crippen LogP contribution in [0.25, 0.3) is 33.8 Å². The number of nitrogens with zero attached hydrogens (tertiary/aromatic N) is 5. The highest BCUT2D eigenvalue weighted by atomic mass is 35.5. The summed E-state index contributed by atoms with van der Waals surface area (Å²) in [5.41, 5.74) is 3.26. The van der Waals surface area contributed by atoms with Gasteiger partial charge in [0.15, 0.2) is 11.6 Å². The van der Waals surface area contributed by atoms with Crippen LogP contribution in [0.15, 0.2) is 54.6 Å². The number of H-pyrrole nitrogens is 1. The van der Waals surface area contributed by atoms with E-state index in [-0.39, 0.29) is 17.1 Å². The molecule has 1 fully saturated rings. The topological polar surface area (TPSA) is 81.5 Å². The minimum absolute atomic E-state index is 0.261. The molecule has 1 aliphatic carbocycles. The van der Waals surface area contributed by atoms with E-state index in [0.717, 1.165) is 29.5 Å². The maximum atomic E-state index is 14.4. The summed E-state index contributed by atoms with van der Waals surface area (Å²) in [4.78, 5) is 4.70. The zero-order valence-corrected chi connectivity index (χ0v) is 21.3. The van der Waals surface area contributed by atoms with Crippen molar-refractivity contribution in [3.63, 3.8) is 0 Å². The Morgan fingerprint density at radius 1 is 1.03 bits per heavy atom. The second-order valence-corrected chi connectivity index (χ2v) is 9.99. The lowest BCUT2D eigenvalue weighted by Gasteiger charge is -2.23. The van der Waals surface area contributed by atoms with Crippen LogP contribution in [0.1, 0.15) is 37.7 Å². The second kappa shape index (κ2) is 10.5. The van der Waals surface area contributed by atoms with Crippen LogP contribution < -0.4 is 4.74 Å². The number of halogens is 3. The Hall–Kier alpha value is -3.85. The Bertz CT molecular complexity index is 1580. The zero-order chi connectivity index (χ0) is 26.1. The van der Waals surface area contributed by atoms with Gasteiger partial charge in [-0.15, -0.1) is 10.2 Å². The molecule has 38 heavy (non-hydrogen) atoms. The van der Waals surface area contributed by atoms with Crippen LogP contribution in [0.2, 0.25) is 5.02 Å². The number of rotatable bonds is 7. The predicted octanol–water partition coefficient (Wildman–Crippen LogP) is 6.97. The Morgan fingerprint density at radius 2 is 1.87 bits per heavy atom. The van der Waals surface area contributed by atoms with E-state index in [0.29, 0.717) is 35.4 Å². The zero-order valence-electron chi connectivity index (χ0n) is 20.5. The van der Waals surface area contributed by atoms with Gasteiger partial charge in [0.25, 0.3) is 0 Å². The maximum Gasteiger partial charge on any atom is 0.205 e. The number of aromatic nitrogens is 6. The number of imidazole rings is 1. The summed E-state index contributed by atoms with van der Waals surface area (Å²) in [5.74, 6) is 0.112. The fourth-order valence-corrected chi connectivity index (χ4v) is 5.45. The standard InChI is InChI=1S/C28H25ClF2N6O/c29-24-25(31)22(30)14-23-26(24)32-28(37(23)15-17-7-2-1-3-8-17)18-10-6-11-20(13-18)38-16-19-9-4-5-12-21(19)27-33-35-36-34-27/h4-6,9-14,17H,1-3,7-8,15-16H2,(H,33,34,35,36). The van der Waals surface area contributed by atoms with Gasteiger partial charge in [0.2, 0.25) is 5.82 Å². The molecule has 5 aromatic rings. The van der Waals surface area contributed by atoms with E-state index in [1.54, 1.807) is 0 Å². The van der Waals surface area contributed by atoms with Crippen molar-refractivity contribution in [2.24, 2.45) is 5.92 Å². The summed E-state index contributed by atoms with van der Waals surface area (Å²) in [6.45, 7) is 0.950. The first kappa shape index (κ1) is 24.5. The molecule has 0 unspecified atom stereocenters. The normalized spacial score (nSPS) is 14.3. The molecule has 2 heterocycles. The van der Waals surface area contributed by atoms with Crippen molar-refractivity contribution in [3.05, 3.63) is 76.8 Å². The molecule has 1 aliphatic rings. The summed E-state index contributed by atoms with van der Waals surface area (Å²) in [7, 11) is 0. The Kier molecular flexibility index (Phi) is 6.76. The monoisotopic (exact) mass is 534 g/mol. The van der Waals surface area contributed by atoms with E-state index in [1.165, 1.54) is 25.3 Å². The number of fused-ring (bicyclic) bond motifs is 1. The highest BCUT2D eigenvalue weighted by Crippen LogP contribution is 2.36. The number of hydrogen-bond donors (Lipinski definition) is 1. The van der Waals surface area contributed by atoms with Gasteiger partial charge in [0.1, 0.15) is 28.7 Å². The largest absolute Gasteiger partial charge is 0.489 e. The molecule has 0 bridgehead atoms. The summed E-state index contributed by atoms with van der Waals surface area (Å²) in [6.07, 6.45) is 5.77. The van der Waals surface area contributed by atoms with E-state index in [2.05, 4.69) is 20.6 Å². The van der Waals surface area contributed by atoms with Crippen molar-refractivity contribution in [2.45, 2.75) is 45.3 Å². The number of tetrazole rings is 1. The SMILES string of the molecule is Fc1cc2c(nc(-c3cccc(OCc4ccccc4-c4nn[nH]n4)c3)n2CC2CCCCC2)c(Cl)c1F. The van der Waals surface area contributed by atoms with Crippen LogP contribution in [-0.2, 0) is 13.2 Å². The molecule has 2 aromatic heterocycles. The van der Waals surface area contributed by atoms with Gasteiger partial charge in [-0.1, -0.05) is 67.3 Å². The number of nitrogens with one attached hydrogen (secondary N) is 1. The smallest absolute Gasteiger partial charge is 0.205 e. The van der Waals surface area contributed by atoms with E-state index < -0.39 is 11.6 Å². The summed E-state index contributed by atoms with van der Waals surface area (Å²) in [5, 5.41) is 14.0. The average molecular weight is 535 g/mol. The van der Waals surface area contributed by atoms with E-state index in [1.807, 2.05) is 53.1 Å². The highest BCUT2D eigenvalue weighted by Gasteiger charge is 2.23. The molecule has 0 saturated heterocycles. The number of ether oxygens (including phenoxy) is 1. The molecule has 7 nitrogen and oxygen atoms in total. The van der Waals surface area contributed by atoms with Crippen molar-refractivity contribution in [1.82, 2.24) is 30.2 Å². The molecule has 0 atom stereocenters. The van der Waals surface area contributed by atoms with E-state index in [4.69, 9.17) is 21.3 Å². The Balaban J connectivity index is 1.34. The average Bonchev–Trinajstić information content (AvgIpc) is 3.61. The third-order valence-electron chi connectivity index (χ3n) is 7.14. The van der Waals surface area contributed by atoms with Gasteiger partial charge in [0, 0.05) is 29.3 Å². The van der Waals surface area contributed by atoms with Crippen LogP contribution in [0.4, 0.5) is 8.78 Å². The van der Waals surface area contributed by atoms with Crippen LogP contribution in [0, 0.1) is 17.6 Å². The van der Waals surface area contributed by atoms with Gasteiger partial charge in [-0.25, -0.2) is 13.8 Å². The predicted molar refractivity (Wildman–Crippen MR) is 141 cm³/mol. The highest BCUT2D eigenvalue weighted by molar-refractivity contribution is 6.35. The van der Waals surface area contributed by atoms with Crippen LogP contribution in [0.5, 0.6) is 5.75 Å². The van der Waals surface area contributed by atoms with Crippen molar-refractivity contribution >= 4 is 22.6 Å². The van der Waals surface area contributed by atoms with Gasteiger partial charge >= 0.3 is 0 Å². The quantitative estimate of drug-likeness (QED) is 0.228.